The van der Waals surface area contributed by atoms with E-state index >= 15 is 0 Å². The van der Waals surface area contributed by atoms with Gasteiger partial charge in [-0.05, 0) is 48.0 Å². The van der Waals surface area contributed by atoms with Gasteiger partial charge in [0.2, 0.25) is 11.9 Å². The zero-order valence-electron chi connectivity index (χ0n) is 16.2. The third-order valence-corrected chi connectivity index (χ3v) is 3.78. The van der Waals surface area contributed by atoms with Crippen LogP contribution < -0.4 is 15.5 Å². The average Bonchev–Trinajstić information content (AvgIpc) is 2.75. The van der Waals surface area contributed by atoms with E-state index in [4.69, 9.17) is 0 Å². The maximum absolute atomic E-state index is 12.9. The van der Waals surface area contributed by atoms with Gasteiger partial charge in [0.1, 0.15) is 12.1 Å². The number of aromatic nitrogens is 3. The molecule has 0 atom stereocenters. The second-order valence-electron chi connectivity index (χ2n) is 6.24. The van der Waals surface area contributed by atoms with Crippen LogP contribution in [0.4, 0.5) is 48.3 Å². The molecule has 0 amide bonds. The van der Waals surface area contributed by atoms with Gasteiger partial charge in [0.25, 0.3) is 0 Å². The number of ether oxygens (including phenoxy) is 1. The third-order valence-electron chi connectivity index (χ3n) is 3.78. The number of anilines is 3. The molecule has 174 valence electrons. The highest BCUT2D eigenvalue weighted by atomic mass is 19.4. The minimum atomic E-state index is -4.62. The lowest BCUT2D eigenvalue weighted by Gasteiger charge is -2.16. The minimum Gasteiger partial charge on any atom is -0.428 e. The van der Waals surface area contributed by atoms with Crippen molar-refractivity contribution >= 4 is 23.8 Å². The zero-order valence-corrected chi connectivity index (χ0v) is 16.2. The lowest BCUT2D eigenvalue weighted by atomic mass is 10.2. The molecule has 3 aromatic rings. The van der Waals surface area contributed by atoms with E-state index in [0.29, 0.717) is 5.56 Å². The van der Waals surface area contributed by atoms with Gasteiger partial charge in [-0.15, -0.1) is 0 Å². The minimum absolute atomic E-state index is 0.0488. The molecule has 2 aromatic carbocycles. The number of nitrogens with one attached hydrogen (secondary N) is 2. The summed E-state index contributed by atoms with van der Waals surface area (Å²) in [4.78, 5) is 11.6. The molecule has 0 bridgehead atoms. The molecule has 0 saturated heterocycles. The fourth-order valence-corrected chi connectivity index (χ4v) is 2.30. The molecule has 0 aliphatic carbocycles. The van der Waals surface area contributed by atoms with Gasteiger partial charge in [-0.25, -0.2) is 10.4 Å². The van der Waals surface area contributed by atoms with Crippen molar-refractivity contribution in [3.05, 3.63) is 66.0 Å². The molecule has 0 fully saturated rings. The molecule has 33 heavy (non-hydrogen) atoms. The molecular weight excluding hydrogens is 461 g/mol. The second kappa shape index (κ2) is 9.67. The largest absolute Gasteiger partial charge is 0.461 e. The van der Waals surface area contributed by atoms with Crippen LogP contribution in [0, 0.1) is 0 Å². The van der Waals surface area contributed by atoms with Crippen LogP contribution >= 0.6 is 0 Å². The van der Waals surface area contributed by atoms with Gasteiger partial charge in [0.15, 0.2) is 0 Å². The van der Waals surface area contributed by atoms with Crippen molar-refractivity contribution in [2.75, 3.05) is 10.7 Å². The Bertz CT molecular complexity index is 1110. The van der Waals surface area contributed by atoms with Crippen LogP contribution in [0.1, 0.15) is 11.1 Å². The molecular formula is C19H13F7N6O. The third kappa shape index (κ3) is 6.75. The van der Waals surface area contributed by atoms with Crippen LogP contribution in [0.25, 0.3) is 0 Å². The standard InChI is InChI=1S/C19H13F7N6O/c20-15(21)19(25,26)33-14-6-4-11(5-7-14)9-29-32-17-28-10-27-16(31-17)30-13-3-1-2-12(8-13)18(22,23)24/h1-10,15H,(H2,27,28,30,31,32)/b29-9+. The molecule has 0 spiro atoms. The summed E-state index contributed by atoms with van der Waals surface area (Å²) in [6.07, 6.45) is -10.8. The molecule has 1 heterocycles. The molecule has 0 radical (unpaired) electrons. The zero-order chi connectivity index (χ0) is 24.1. The summed E-state index contributed by atoms with van der Waals surface area (Å²) in [5, 5.41) is 6.44. The van der Waals surface area contributed by atoms with Crippen molar-refractivity contribution in [1.82, 2.24) is 15.0 Å². The van der Waals surface area contributed by atoms with Crippen LogP contribution in [0.15, 0.2) is 60.0 Å². The van der Waals surface area contributed by atoms with E-state index in [-0.39, 0.29) is 17.6 Å². The quantitative estimate of drug-likeness (QED) is 0.261. The molecule has 3 rings (SSSR count). The average molecular weight is 474 g/mol. The highest BCUT2D eigenvalue weighted by Crippen LogP contribution is 2.31. The highest BCUT2D eigenvalue weighted by Gasteiger charge is 2.43. The number of nitrogens with zero attached hydrogens (tertiary/aromatic N) is 4. The Hall–Kier alpha value is -3.97. The van der Waals surface area contributed by atoms with E-state index in [1.807, 2.05) is 0 Å². The van der Waals surface area contributed by atoms with Crippen molar-refractivity contribution in [2.45, 2.75) is 18.7 Å². The summed E-state index contributed by atoms with van der Waals surface area (Å²) in [7, 11) is 0. The summed E-state index contributed by atoms with van der Waals surface area (Å²) < 4.78 is 92.4. The monoisotopic (exact) mass is 474 g/mol. The Labute approximate surface area is 181 Å². The Balaban J connectivity index is 1.61. The fourth-order valence-electron chi connectivity index (χ4n) is 2.30. The molecule has 1 aromatic heterocycles. The van der Waals surface area contributed by atoms with E-state index in [2.05, 4.69) is 35.5 Å². The van der Waals surface area contributed by atoms with E-state index in [1.165, 1.54) is 30.5 Å². The van der Waals surface area contributed by atoms with Crippen LogP contribution in [0.2, 0.25) is 0 Å². The van der Waals surface area contributed by atoms with Gasteiger partial charge in [-0.1, -0.05) is 6.07 Å². The molecule has 7 nitrogen and oxygen atoms in total. The number of halogens is 7. The van der Waals surface area contributed by atoms with Gasteiger partial charge in [-0.2, -0.15) is 45.8 Å². The maximum Gasteiger partial charge on any atom is 0.461 e. The van der Waals surface area contributed by atoms with Gasteiger partial charge in [0, 0.05) is 5.69 Å². The first-order chi connectivity index (χ1) is 15.5. The molecule has 2 N–H and O–H groups in total. The summed E-state index contributed by atoms with van der Waals surface area (Å²) in [6.45, 7) is 0. The first kappa shape index (κ1) is 23.7. The molecule has 0 saturated carbocycles. The van der Waals surface area contributed by atoms with Crippen LogP contribution in [0.5, 0.6) is 5.75 Å². The van der Waals surface area contributed by atoms with Crippen LogP contribution in [0.3, 0.4) is 0 Å². The van der Waals surface area contributed by atoms with Gasteiger partial charge in [-0.3, -0.25) is 0 Å². The van der Waals surface area contributed by atoms with Gasteiger partial charge in [0.05, 0.1) is 11.8 Å². The lowest BCUT2D eigenvalue weighted by Crippen LogP contribution is -2.33. The van der Waals surface area contributed by atoms with E-state index < -0.39 is 30.0 Å². The number of rotatable bonds is 8. The van der Waals surface area contributed by atoms with Gasteiger partial charge < -0.3 is 10.1 Å². The SMILES string of the molecule is FC(F)C(F)(F)Oc1ccc(/C=N/Nc2ncnc(Nc3cccc(C(F)(F)F)c3)n2)cc1. The van der Waals surface area contributed by atoms with Crippen molar-refractivity contribution in [3.8, 4) is 5.75 Å². The first-order valence-corrected chi connectivity index (χ1v) is 8.90. The fraction of sp³-hybridized carbons (Fsp3) is 0.158. The summed E-state index contributed by atoms with van der Waals surface area (Å²) in [5.74, 6) is -0.566. The second-order valence-corrected chi connectivity index (χ2v) is 6.24. The van der Waals surface area contributed by atoms with E-state index in [0.717, 1.165) is 30.6 Å². The van der Waals surface area contributed by atoms with Crippen molar-refractivity contribution in [1.29, 1.82) is 0 Å². The summed E-state index contributed by atoms with van der Waals surface area (Å²) in [5.41, 5.74) is 2.11. The molecule has 0 aliphatic heterocycles. The number of alkyl halides is 7. The Morgan fingerprint density at radius 3 is 2.30 bits per heavy atom. The maximum atomic E-state index is 12.9. The Morgan fingerprint density at radius 2 is 1.64 bits per heavy atom. The predicted octanol–water partition coefficient (Wildman–Crippen LogP) is 5.32. The molecule has 0 aliphatic rings. The van der Waals surface area contributed by atoms with Crippen LogP contribution in [-0.4, -0.2) is 33.7 Å². The van der Waals surface area contributed by atoms with E-state index in [9.17, 15) is 30.7 Å². The smallest absolute Gasteiger partial charge is 0.428 e. The topological polar surface area (TPSA) is 84.3 Å². The predicted molar refractivity (Wildman–Crippen MR) is 104 cm³/mol. The summed E-state index contributed by atoms with van der Waals surface area (Å²) in [6, 6.07) is 9.11. The van der Waals surface area contributed by atoms with Crippen molar-refractivity contribution in [2.24, 2.45) is 5.10 Å². The number of hydrogen-bond donors (Lipinski definition) is 2. The number of hydrazone groups is 1. The molecule has 0 unspecified atom stereocenters. The lowest BCUT2D eigenvalue weighted by molar-refractivity contribution is -0.253. The van der Waals surface area contributed by atoms with Crippen LogP contribution in [-0.2, 0) is 6.18 Å². The van der Waals surface area contributed by atoms with Gasteiger partial charge >= 0.3 is 18.7 Å². The van der Waals surface area contributed by atoms with Crippen molar-refractivity contribution < 1.29 is 35.5 Å². The summed E-state index contributed by atoms with van der Waals surface area (Å²) >= 11 is 0. The normalized spacial score (nSPS) is 12.2. The number of hydrogen-bond acceptors (Lipinski definition) is 7. The number of benzene rings is 2. The van der Waals surface area contributed by atoms with E-state index in [1.54, 1.807) is 0 Å². The molecule has 14 heteroatoms. The Morgan fingerprint density at radius 1 is 0.939 bits per heavy atom. The highest BCUT2D eigenvalue weighted by molar-refractivity contribution is 5.80. The first-order valence-electron chi connectivity index (χ1n) is 8.90. The van der Waals surface area contributed by atoms with Crippen molar-refractivity contribution in [3.63, 3.8) is 0 Å². The Kier molecular flexibility index (Phi) is 6.94.